The number of esters is 1. The molecule has 1 aromatic heterocycles. The number of carbonyl (C=O) groups is 2. The maximum absolute atomic E-state index is 13.5. The van der Waals surface area contributed by atoms with E-state index in [1.165, 1.54) is 7.11 Å². The minimum absolute atomic E-state index is 0.0451. The highest BCUT2D eigenvalue weighted by Gasteiger charge is 2.59. The van der Waals surface area contributed by atoms with E-state index >= 15 is 0 Å². The van der Waals surface area contributed by atoms with Crippen molar-refractivity contribution in [3.8, 4) is 11.1 Å². The fourth-order valence-corrected chi connectivity index (χ4v) is 6.81. The molecular formula is C27H32N2O3. The Balaban J connectivity index is 1.31. The molecule has 4 bridgehead atoms. The average Bonchev–Trinajstić information content (AvgIpc) is 2.81. The van der Waals surface area contributed by atoms with Crippen molar-refractivity contribution in [2.45, 2.75) is 57.4 Å². The van der Waals surface area contributed by atoms with Gasteiger partial charge in [0.25, 0.3) is 0 Å². The van der Waals surface area contributed by atoms with Gasteiger partial charge in [0.15, 0.2) is 0 Å². The van der Waals surface area contributed by atoms with Gasteiger partial charge in [0.05, 0.1) is 17.9 Å². The number of benzene rings is 1. The third kappa shape index (κ3) is 3.42. The molecule has 5 nitrogen and oxygen atoms in total. The van der Waals surface area contributed by atoms with Crippen molar-refractivity contribution in [2.24, 2.45) is 23.2 Å². The molecule has 0 aliphatic heterocycles. The van der Waals surface area contributed by atoms with Gasteiger partial charge in [-0.2, -0.15) is 0 Å². The molecule has 1 heterocycles. The van der Waals surface area contributed by atoms with Crippen molar-refractivity contribution in [1.82, 2.24) is 10.3 Å². The lowest BCUT2D eigenvalue weighted by Gasteiger charge is -2.58. The first-order valence-electron chi connectivity index (χ1n) is 11.7. The molecule has 2 aromatic rings. The number of ether oxygens (including phenoxy) is 1. The number of methoxy groups -OCH3 is 1. The molecule has 0 radical (unpaired) electrons. The summed E-state index contributed by atoms with van der Waals surface area (Å²) in [7, 11) is 1.50. The van der Waals surface area contributed by atoms with Crippen molar-refractivity contribution >= 4 is 11.9 Å². The highest BCUT2D eigenvalue weighted by atomic mass is 16.5. The standard InChI is InChI=1S/C27H32N2O3/c1-26(2,22-6-4-18(5-7-22)19-8-10-28-11-9-19)24(30)29-23-20-12-17-13-21(23)16-27(14-17,15-20)25(31)32-3/h4-11,17,20-21,23H,12-16H2,1-3H3,(H,29,30). The minimum atomic E-state index is -0.633. The van der Waals surface area contributed by atoms with Crippen molar-refractivity contribution in [1.29, 1.82) is 0 Å². The first-order chi connectivity index (χ1) is 15.3. The Hall–Kier alpha value is -2.69. The number of aromatic nitrogens is 1. The van der Waals surface area contributed by atoms with E-state index in [1.54, 1.807) is 12.4 Å². The summed E-state index contributed by atoms with van der Waals surface area (Å²) in [5.41, 5.74) is 2.28. The predicted octanol–water partition coefficient (Wildman–Crippen LogP) is 4.51. The summed E-state index contributed by atoms with van der Waals surface area (Å²) in [6, 6.07) is 12.4. The summed E-state index contributed by atoms with van der Waals surface area (Å²) < 4.78 is 5.18. The summed E-state index contributed by atoms with van der Waals surface area (Å²) in [6.07, 6.45) is 8.45. The highest BCUT2D eigenvalue weighted by molar-refractivity contribution is 5.88. The Labute approximate surface area is 190 Å². The number of carbonyl (C=O) groups excluding carboxylic acids is 2. The third-order valence-corrected chi connectivity index (χ3v) is 8.38. The van der Waals surface area contributed by atoms with Gasteiger partial charge in [-0.15, -0.1) is 0 Å². The first-order valence-corrected chi connectivity index (χ1v) is 11.7. The molecule has 4 aliphatic rings. The lowest BCUT2D eigenvalue weighted by Crippen LogP contribution is -2.62. The predicted molar refractivity (Wildman–Crippen MR) is 123 cm³/mol. The van der Waals surface area contributed by atoms with E-state index in [2.05, 4.69) is 34.6 Å². The summed E-state index contributed by atoms with van der Waals surface area (Å²) in [5, 5.41) is 3.42. The van der Waals surface area contributed by atoms with Crippen LogP contribution in [0.3, 0.4) is 0 Å². The average molecular weight is 433 g/mol. The van der Waals surface area contributed by atoms with E-state index in [4.69, 9.17) is 4.74 Å². The molecular weight excluding hydrogens is 400 g/mol. The van der Waals surface area contributed by atoms with E-state index in [-0.39, 0.29) is 23.3 Å². The van der Waals surface area contributed by atoms with Gasteiger partial charge in [0.2, 0.25) is 5.91 Å². The molecule has 2 atom stereocenters. The van der Waals surface area contributed by atoms with Crippen molar-refractivity contribution < 1.29 is 14.3 Å². The largest absolute Gasteiger partial charge is 0.469 e. The van der Waals surface area contributed by atoms with E-state index in [9.17, 15) is 9.59 Å². The number of hydrogen-bond acceptors (Lipinski definition) is 4. The van der Waals surface area contributed by atoms with Crippen molar-refractivity contribution in [3.05, 3.63) is 54.4 Å². The molecule has 32 heavy (non-hydrogen) atoms. The quantitative estimate of drug-likeness (QED) is 0.706. The molecule has 168 valence electrons. The Morgan fingerprint density at radius 1 is 0.969 bits per heavy atom. The van der Waals surface area contributed by atoms with Gasteiger partial charge in [0, 0.05) is 18.4 Å². The molecule has 1 N–H and O–H groups in total. The normalized spacial score (nSPS) is 30.7. The Bertz CT molecular complexity index is 999. The van der Waals surface area contributed by atoms with Crippen LogP contribution >= 0.6 is 0 Å². The van der Waals surface area contributed by atoms with Crippen LogP contribution < -0.4 is 5.32 Å². The summed E-state index contributed by atoms with van der Waals surface area (Å²) >= 11 is 0. The van der Waals surface area contributed by atoms with Crippen LogP contribution in [0.2, 0.25) is 0 Å². The van der Waals surface area contributed by atoms with Gasteiger partial charge in [-0.1, -0.05) is 24.3 Å². The molecule has 2 unspecified atom stereocenters. The zero-order chi connectivity index (χ0) is 22.5. The number of amides is 1. The summed E-state index contributed by atoms with van der Waals surface area (Å²) in [5.74, 6) is 1.35. The van der Waals surface area contributed by atoms with Gasteiger partial charge in [-0.05, 0) is 92.5 Å². The molecule has 1 amide bonds. The van der Waals surface area contributed by atoms with Gasteiger partial charge >= 0.3 is 5.97 Å². The number of nitrogens with zero attached hydrogens (tertiary/aromatic N) is 1. The smallest absolute Gasteiger partial charge is 0.311 e. The van der Waals surface area contributed by atoms with Crippen LogP contribution in [0, 0.1) is 23.2 Å². The van der Waals surface area contributed by atoms with Gasteiger partial charge in [0.1, 0.15) is 0 Å². The van der Waals surface area contributed by atoms with Crippen molar-refractivity contribution in [3.63, 3.8) is 0 Å². The van der Waals surface area contributed by atoms with Crippen molar-refractivity contribution in [2.75, 3.05) is 7.11 Å². The second-order valence-corrected chi connectivity index (χ2v) is 10.7. The maximum Gasteiger partial charge on any atom is 0.311 e. The fourth-order valence-electron chi connectivity index (χ4n) is 6.81. The van der Waals surface area contributed by atoms with Crippen LogP contribution in [0.5, 0.6) is 0 Å². The minimum Gasteiger partial charge on any atom is -0.469 e. The molecule has 1 aromatic carbocycles. The maximum atomic E-state index is 13.5. The third-order valence-electron chi connectivity index (χ3n) is 8.38. The lowest BCUT2D eigenvalue weighted by atomic mass is 9.48. The number of hydrogen-bond donors (Lipinski definition) is 1. The zero-order valence-corrected chi connectivity index (χ0v) is 19.1. The molecule has 0 saturated heterocycles. The van der Waals surface area contributed by atoms with Gasteiger partial charge in [-0.3, -0.25) is 14.6 Å². The van der Waals surface area contributed by atoms with E-state index in [0.29, 0.717) is 17.8 Å². The Morgan fingerprint density at radius 3 is 2.16 bits per heavy atom. The van der Waals surface area contributed by atoms with Crippen LogP contribution in [0.1, 0.15) is 51.5 Å². The van der Waals surface area contributed by atoms with E-state index < -0.39 is 5.41 Å². The Morgan fingerprint density at radius 2 is 1.56 bits per heavy atom. The zero-order valence-electron chi connectivity index (χ0n) is 19.1. The number of pyridine rings is 1. The van der Waals surface area contributed by atoms with Crippen LogP contribution in [0.25, 0.3) is 11.1 Å². The van der Waals surface area contributed by atoms with Crippen LogP contribution in [0.15, 0.2) is 48.8 Å². The van der Waals surface area contributed by atoms with Gasteiger partial charge < -0.3 is 10.1 Å². The number of rotatable bonds is 5. The lowest BCUT2D eigenvalue weighted by molar-refractivity contribution is -0.171. The summed E-state index contributed by atoms with van der Waals surface area (Å²) in [6.45, 7) is 3.99. The fraction of sp³-hybridized carbons (Fsp3) is 0.519. The van der Waals surface area contributed by atoms with Crippen LogP contribution in [-0.2, 0) is 19.7 Å². The first kappa shape index (κ1) is 21.2. The molecule has 5 heteroatoms. The van der Waals surface area contributed by atoms with E-state index in [0.717, 1.165) is 48.8 Å². The monoisotopic (exact) mass is 432 g/mol. The second-order valence-electron chi connectivity index (χ2n) is 10.7. The topological polar surface area (TPSA) is 68.3 Å². The van der Waals surface area contributed by atoms with Crippen LogP contribution in [0.4, 0.5) is 0 Å². The second kappa shape index (κ2) is 7.72. The Kier molecular flexibility index (Phi) is 5.11. The summed E-state index contributed by atoms with van der Waals surface area (Å²) in [4.78, 5) is 30.1. The molecule has 4 fully saturated rings. The SMILES string of the molecule is COC(=O)C12CC3CC(C1)C(NC(=O)C(C)(C)c1ccc(-c4ccncc4)cc1)C(C3)C2. The molecule has 6 rings (SSSR count). The molecule has 0 spiro atoms. The van der Waals surface area contributed by atoms with E-state index in [1.807, 2.05) is 26.0 Å². The number of nitrogens with one attached hydrogen (secondary N) is 1. The molecule has 4 aliphatic carbocycles. The van der Waals surface area contributed by atoms with Gasteiger partial charge in [-0.25, -0.2) is 0 Å². The van der Waals surface area contributed by atoms with Crippen LogP contribution in [-0.4, -0.2) is 30.0 Å². The highest BCUT2D eigenvalue weighted by Crippen LogP contribution is 2.60. The molecule has 4 saturated carbocycles.